The molecule has 4 rings (SSSR count). The SMILES string of the molecule is O=C(NN1CCCCC1)C1=NN(c2ccc(Cl)cc2Cl)CC1c1ccc(Br)s1. The number of thiophene rings is 1. The third kappa shape index (κ3) is 4.39. The minimum atomic E-state index is -0.149. The van der Waals surface area contributed by atoms with Crippen molar-refractivity contribution in [2.24, 2.45) is 5.10 Å². The largest absolute Gasteiger partial charge is 0.284 e. The second-order valence-electron chi connectivity index (χ2n) is 6.85. The van der Waals surface area contributed by atoms with E-state index < -0.39 is 0 Å². The minimum absolute atomic E-state index is 0.118. The lowest BCUT2D eigenvalue weighted by molar-refractivity contribution is -0.119. The summed E-state index contributed by atoms with van der Waals surface area (Å²) in [6.07, 6.45) is 3.41. The van der Waals surface area contributed by atoms with E-state index in [4.69, 9.17) is 23.2 Å². The van der Waals surface area contributed by atoms with Crippen molar-refractivity contribution in [1.82, 2.24) is 10.4 Å². The number of nitrogens with zero attached hydrogens (tertiary/aromatic N) is 3. The Morgan fingerprint density at radius 3 is 2.64 bits per heavy atom. The Hall–Kier alpha value is -1.12. The van der Waals surface area contributed by atoms with Crippen LogP contribution < -0.4 is 10.4 Å². The van der Waals surface area contributed by atoms with Gasteiger partial charge in [0.05, 0.1) is 27.0 Å². The van der Waals surface area contributed by atoms with E-state index in [1.165, 1.54) is 6.42 Å². The lowest BCUT2D eigenvalue weighted by Gasteiger charge is -2.27. The van der Waals surface area contributed by atoms with Gasteiger partial charge in [0.1, 0.15) is 5.71 Å². The molecular weight excluding hydrogens is 483 g/mol. The number of hydrogen-bond donors (Lipinski definition) is 1. The summed E-state index contributed by atoms with van der Waals surface area (Å²) in [5.74, 6) is -0.267. The van der Waals surface area contributed by atoms with Gasteiger partial charge in [0.2, 0.25) is 0 Å². The van der Waals surface area contributed by atoms with Crippen LogP contribution in [-0.4, -0.2) is 36.3 Å². The van der Waals surface area contributed by atoms with Crippen LogP contribution >= 0.6 is 50.5 Å². The predicted octanol–water partition coefficient (Wildman–Crippen LogP) is 5.29. The Balaban J connectivity index is 1.62. The molecule has 1 unspecified atom stereocenters. The molecule has 0 radical (unpaired) electrons. The Morgan fingerprint density at radius 2 is 1.96 bits per heavy atom. The van der Waals surface area contributed by atoms with Gasteiger partial charge in [0.25, 0.3) is 5.91 Å². The van der Waals surface area contributed by atoms with Crippen LogP contribution in [0.2, 0.25) is 10.0 Å². The van der Waals surface area contributed by atoms with Crippen molar-refractivity contribution in [2.45, 2.75) is 25.2 Å². The quantitative estimate of drug-likeness (QED) is 0.618. The van der Waals surface area contributed by atoms with Gasteiger partial charge in [-0.1, -0.05) is 29.6 Å². The van der Waals surface area contributed by atoms with Crippen LogP contribution in [0.1, 0.15) is 30.1 Å². The molecule has 2 aliphatic heterocycles. The van der Waals surface area contributed by atoms with Crippen molar-refractivity contribution in [2.75, 3.05) is 24.6 Å². The topological polar surface area (TPSA) is 47.9 Å². The van der Waals surface area contributed by atoms with E-state index in [-0.39, 0.29) is 11.8 Å². The summed E-state index contributed by atoms with van der Waals surface area (Å²) in [6, 6.07) is 9.34. The Kier molecular flexibility index (Phi) is 6.27. The molecule has 0 bridgehead atoms. The van der Waals surface area contributed by atoms with Crippen LogP contribution in [0.4, 0.5) is 5.69 Å². The minimum Gasteiger partial charge on any atom is -0.284 e. The molecular formula is C19H19BrCl2N4OS. The number of hydrazine groups is 1. The lowest BCUT2D eigenvalue weighted by Crippen LogP contribution is -2.48. The van der Waals surface area contributed by atoms with Crippen LogP contribution in [0.25, 0.3) is 0 Å². The van der Waals surface area contributed by atoms with Gasteiger partial charge in [0, 0.05) is 23.0 Å². The molecule has 1 aromatic heterocycles. The first-order chi connectivity index (χ1) is 13.5. The molecule has 5 nitrogen and oxygen atoms in total. The first-order valence-corrected chi connectivity index (χ1v) is 11.5. The van der Waals surface area contributed by atoms with E-state index in [2.05, 4.69) is 26.5 Å². The summed E-state index contributed by atoms with van der Waals surface area (Å²) in [6.45, 7) is 2.30. The monoisotopic (exact) mass is 500 g/mol. The Morgan fingerprint density at radius 1 is 1.18 bits per heavy atom. The third-order valence-corrected chi connectivity index (χ3v) is 7.16. The highest BCUT2D eigenvalue weighted by Crippen LogP contribution is 2.37. The van der Waals surface area contributed by atoms with Crippen LogP contribution in [0, 0.1) is 0 Å². The molecule has 0 spiro atoms. The van der Waals surface area contributed by atoms with Gasteiger partial charge >= 0.3 is 0 Å². The van der Waals surface area contributed by atoms with E-state index in [0.717, 1.165) is 40.3 Å². The number of nitrogens with one attached hydrogen (secondary N) is 1. The zero-order valence-corrected chi connectivity index (χ0v) is 18.9. The van der Waals surface area contributed by atoms with Gasteiger partial charge in [-0.25, -0.2) is 5.01 Å². The number of carbonyl (C=O) groups is 1. The molecule has 1 N–H and O–H groups in total. The highest BCUT2D eigenvalue weighted by molar-refractivity contribution is 9.11. The zero-order valence-electron chi connectivity index (χ0n) is 15.0. The molecule has 3 heterocycles. The maximum Gasteiger partial charge on any atom is 0.282 e. The van der Waals surface area contributed by atoms with Crippen molar-refractivity contribution in [3.63, 3.8) is 0 Å². The Bertz CT molecular complexity index is 913. The molecule has 1 amide bonds. The molecule has 0 saturated carbocycles. The van der Waals surface area contributed by atoms with Crippen LogP contribution in [0.3, 0.4) is 0 Å². The molecule has 0 aliphatic carbocycles. The van der Waals surface area contributed by atoms with Crippen molar-refractivity contribution < 1.29 is 4.79 Å². The molecule has 28 heavy (non-hydrogen) atoms. The molecule has 1 fully saturated rings. The van der Waals surface area contributed by atoms with Crippen LogP contribution in [0.5, 0.6) is 0 Å². The summed E-state index contributed by atoms with van der Waals surface area (Å²) in [5.41, 5.74) is 4.29. The second kappa shape index (κ2) is 8.71. The summed E-state index contributed by atoms with van der Waals surface area (Å²) < 4.78 is 1.03. The van der Waals surface area contributed by atoms with Gasteiger partial charge in [-0.2, -0.15) is 5.10 Å². The Labute approximate surface area is 186 Å². The van der Waals surface area contributed by atoms with Crippen LogP contribution in [-0.2, 0) is 4.79 Å². The summed E-state index contributed by atoms with van der Waals surface area (Å²) in [5, 5.41) is 9.53. The van der Waals surface area contributed by atoms with E-state index in [1.54, 1.807) is 28.5 Å². The first-order valence-electron chi connectivity index (χ1n) is 9.13. The average molecular weight is 502 g/mol. The van der Waals surface area contributed by atoms with E-state index >= 15 is 0 Å². The van der Waals surface area contributed by atoms with Crippen molar-refractivity contribution in [3.8, 4) is 0 Å². The van der Waals surface area contributed by atoms with Crippen LogP contribution in [0.15, 0.2) is 39.2 Å². The molecule has 148 valence electrons. The summed E-state index contributed by atoms with van der Waals surface area (Å²) in [7, 11) is 0. The normalized spacial score (nSPS) is 20.3. The smallest absolute Gasteiger partial charge is 0.282 e. The fourth-order valence-corrected chi connectivity index (χ4v) is 5.52. The van der Waals surface area contributed by atoms with Gasteiger partial charge in [-0.05, 0) is 59.1 Å². The number of hydrazone groups is 1. The maximum atomic E-state index is 13.0. The maximum absolute atomic E-state index is 13.0. The van der Waals surface area contributed by atoms with E-state index in [1.807, 2.05) is 23.2 Å². The number of anilines is 1. The van der Waals surface area contributed by atoms with Crippen molar-refractivity contribution >= 4 is 67.8 Å². The molecule has 1 saturated heterocycles. The number of amides is 1. The predicted molar refractivity (Wildman–Crippen MR) is 120 cm³/mol. The lowest BCUT2D eigenvalue weighted by atomic mass is 10.0. The second-order valence-corrected chi connectivity index (χ2v) is 10.2. The average Bonchev–Trinajstić information content (AvgIpc) is 3.29. The summed E-state index contributed by atoms with van der Waals surface area (Å²) in [4.78, 5) is 14.1. The first kappa shape index (κ1) is 20.2. The molecule has 1 atom stereocenters. The molecule has 2 aromatic rings. The van der Waals surface area contributed by atoms with Gasteiger partial charge in [0.15, 0.2) is 0 Å². The number of carbonyl (C=O) groups excluding carboxylic acids is 1. The third-order valence-electron chi connectivity index (χ3n) is 4.89. The molecule has 2 aliphatic rings. The fourth-order valence-electron chi connectivity index (χ4n) is 3.49. The number of rotatable bonds is 4. The van der Waals surface area contributed by atoms with Crippen molar-refractivity contribution in [1.29, 1.82) is 0 Å². The molecule has 1 aromatic carbocycles. The van der Waals surface area contributed by atoms with Gasteiger partial charge in [-0.15, -0.1) is 11.3 Å². The van der Waals surface area contributed by atoms with E-state index in [0.29, 0.717) is 22.3 Å². The molecule has 9 heteroatoms. The fraction of sp³-hybridized carbons (Fsp3) is 0.368. The zero-order chi connectivity index (χ0) is 19.7. The number of piperidine rings is 1. The van der Waals surface area contributed by atoms with Gasteiger partial charge in [-0.3, -0.25) is 15.2 Å². The van der Waals surface area contributed by atoms with E-state index in [9.17, 15) is 4.79 Å². The highest BCUT2D eigenvalue weighted by Gasteiger charge is 2.35. The number of halogens is 3. The summed E-state index contributed by atoms with van der Waals surface area (Å²) >= 11 is 17.5. The number of benzene rings is 1. The van der Waals surface area contributed by atoms with Crippen molar-refractivity contribution in [3.05, 3.63) is 49.0 Å². The standard InChI is InChI=1S/C19H19BrCl2N4OS/c20-17-7-6-16(28-17)13-11-26(15-5-4-12(21)10-14(15)22)23-18(13)19(27)24-25-8-2-1-3-9-25/h4-7,10,13H,1-3,8-9,11H2,(H,24,27). The number of hydrogen-bond acceptors (Lipinski definition) is 5. The van der Waals surface area contributed by atoms with Gasteiger partial charge < -0.3 is 0 Å². The highest BCUT2D eigenvalue weighted by atomic mass is 79.9.